The van der Waals surface area contributed by atoms with Crippen LogP contribution in [0, 0.1) is 0 Å². The van der Waals surface area contributed by atoms with E-state index in [9.17, 15) is 4.79 Å². The fourth-order valence-corrected chi connectivity index (χ4v) is 1.55. The van der Waals surface area contributed by atoms with Crippen LogP contribution < -0.4 is 4.74 Å². The SMILES string of the molecule is CC(C)(C)Oc1ccc(C(=O)CCO)cc1Cl. The van der Waals surface area contributed by atoms with Crippen molar-refractivity contribution in [1.82, 2.24) is 0 Å². The van der Waals surface area contributed by atoms with Crippen LogP contribution in [-0.2, 0) is 0 Å². The third-order valence-corrected chi connectivity index (χ3v) is 2.30. The van der Waals surface area contributed by atoms with Gasteiger partial charge in [-0.15, -0.1) is 0 Å². The number of carbonyl (C=O) groups excluding carboxylic acids is 1. The van der Waals surface area contributed by atoms with Gasteiger partial charge in [-0.3, -0.25) is 4.79 Å². The van der Waals surface area contributed by atoms with Crippen LogP contribution in [0.2, 0.25) is 5.02 Å². The minimum Gasteiger partial charge on any atom is -0.487 e. The Kier molecular flexibility index (Phi) is 4.54. The monoisotopic (exact) mass is 256 g/mol. The van der Waals surface area contributed by atoms with Gasteiger partial charge in [-0.25, -0.2) is 0 Å². The summed E-state index contributed by atoms with van der Waals surface area (Å²) < 4.78 is 5.63. The van der Waals surface area contributed by atoms with Gasteiger partial charge in [-0.05, 0) is 39.0 Å². The Bertz CT molecular complexity index is 408. The summed E-state index contributed by atoms with van der Waals surface area (Å²) in [7, 11) is 0. The van der Waals surface area contributed by atoms with Crippen molar-refractivity contribution in [2.75, 3.05) is 6.61 Å². The molecule has 0 aromatic heterocycles. The predicted octanol–water partition coefficient (Wildman–Crippen LogP) is 3.08. The van der Waals surface area contributed by atoms with Gasteiger partial charge in [0.25, 0.3) is 0 Å². The molecule has 1 N–H and O–H groups in total. The maximum absolute atomic E-state index is 11.5. The summed E-state index contributed by atoms with van der Waals surface area (Å²) >= 11 is 6.04. The highest BCUT2D eigenvalue weighted by Crippen LogP contribution is 2.29. The van der Waals surface area contributed by atoms with Crippen molar-refractivity contribution < 1.29 is 14.6 Å². The first-order valence-electron chi connectivity index (χ1n) is 5.46. The molecule has 0 saturated carbocycles. The summed E-state index contributed by atoms with van der Waals surface area (Å²) in [6, 6.07) is 4.91. The van der Waals surface area contributed by atoms with E-state index in [1.807, 2.05) is 20.8 Å². The number of hydrogen-bond acceptors (Lipinski definition) is 3. The molecule has 17 heavy (non-hydrogen) atoms. The Morgan fingerprint density at radius 3 is 2.53 bits per heavy atom. The van der Waals surface area contributed by atoms with Crippen LogP contribution in [0.3, 0.4) is 0 Å². The Balaban J connectivity index is 2.90. The van der Waals surface area contributed by atoms with Crippen LogP contribution in [-0.4, -0.2) is 23.1 Å². The van der Waals surface area contributed by atoms with Crippen LogP contribution in [0.25, 0.3) is 0 Å². The van der Waals surface area contributed by atoms with Crippen molar-refractivity contribution in [1.29, 1.82) is 0 Å². The molecule has 0 fully saturated rings. The molecule has 0 unspecified atom stereocenters. The molecular formula is C13H17ClO3. The Labute approximate surface area is 106 Å². The van der Waals surface area contributed by atoms with Crippen molar-refractivity contribution >= 4 is 17.4 Å². The highest BCUT2D eigenvalue weighted by atomic mass is 35.5. The minimum atomic E-state index is -0.333. The van der Waals surface area contributed by atoms with E-state index in [-0.39, 0.29) is 24.4 Å². The summed E-state index contributed by atoms with van der Waals surface area (Å²) in [5, 5.41) is 9.10. The molecule has 94 valence electrons. The first-order valence-corrected chi connectivity index (χ1v) is 5.84. The number of Topliss-reactive ketones (excluding diaryl/α,β-unsaturated/α-hetero) is 1. The number of aliphatic hydroxyl groups is 1. The summed E-state index contributed by atoms with van der Waals surface area (Å²) in [5.41, 5.74) is 0.158. The molecular weight excluding hydrogens is 240 g/mol. The van der Waals surface area contributed by atoms with Gasteiger partial charge in [0.15, 0.2) is 5.78 Å². The molecule has 4 heteroatoms. The Morgan fingerprint density at radius 2 is 2.06 bits per heavy atom. The first kappa shape index (κ1) is 14.0. The second kappa shape index (κ2) is 5.52. The first-order chi connectivity index (χ1) is 7.83. The van der Waals surface area contributed by atoms with E-state index in [0.717, 1.165) is 0 Å². The number of ether oxygens (including phenoxy) is 1. The Hall–Kier alpha value is -1.06. The molecule has 1 aromatic carbocycles. The van der Waals surface area contributed by atoms with Crippen LogP contribution in [0.5, 0.6) is 5.75 Å². The van der Waals surface area contributed by atoms with Gasteiger partial charge in [0.2, 0.25) is 0 Å². The minimum absolute atomic E-state index is 0.107. The lowest BCUT2D eigenvalue weighted by Crippen LogP contribution is -2.23. The van der Waals surface area contributed by atoms with Gasteiger partial charge >= 0.3 is 0 Å². The number of carbonyl (C=O) groups is 1. The molecule has 1 aromatic rings. The van der Waals surface area contributed by atoms with E-state index in [1.165, 1.54) is 0 Å². The van der Waals surface area contributed by atoms with Crippen molar-refractivity contribution in [3.05, 3.63) is 28.8 Å². The van der Waals surface area contributed by atoms with Crippen molar-refractivity contribution in [3.8, 4) is 5.75 Å². The summed E-state index contributed by atoms with van der Waals surface area (Å²) in [6.45, 7) is 5.62. The molecule has 3 nitrogen and oxygen atoms in total. The lowest BCUT2D eigenvalue weighted by molar-refractivity contribution is 0.0956. The topological polar surface area (TPSA) is 46.5 Å². The molecule has 0 spiro atoms. The molecule has 0 aliphatic carbocycles. The number of hydrogen-bond donors (Lipinski definition) is 1. The molecule has 1 rings (SSSR count). The number of aliphatic hydroxyl groups excluding tert-OH is 1. The second-order valence-electron chi connectivity index (χ2n) is 4.76. The molecule has 0 aliphatic heterocycles. The standard InChI is InChI=1S/C13H17ClO3/c1-13(2,3)17-12-5-4-9(8-10(12)14)11(16)6-7-15/h4-5,8,15H,6-7H2,1-3H3. The van der Waals surface area contributed by atoms with E-state index in [2.05, 4.69) is 0 Å². The van der Waals surface area contributed by atoms with Crippen molar-refractivity contribution in [2.45, 2.75) is 32.8 Å². The lowest BCUT2D eigenvalue weighted by Gasteiger charge is -2.22. The van der Waals surface area contributed by atoms with E-state index >= 15 is 0 Å². The zero-order chi connectivity index (χ0) is 13.1. The average molecular weight is 257 g/mol. The molecule has 0 bridgehead atoms. The number of halogens is 1. The number of rotatable bonds is 4. The predicted molar refractivity (Wildman–Crippen MR) is 67.9 cm³/mol. The zero-order valence-corrected chi connectivity index (χ0v) is 11.0. The average Bonchev–Trinajstić information content (AvgIpc) is 2.19. The van der Waals surface area contributed by atoms with E-state index in [0.29, 0.717) is 16.3 Å². The van der Waals surface area contributed by atoms with Crippen molar-refractivity contribution in [3.63, 3.8) is 0 Å². The van der Waals surface area contributed by atoms with E-state index in [4.69, 9.17) is 21.4 Å². The molecule has 0 radical (unpaired) electrons. The van der Waals surface area contributed by atoms with Crippen LogP contribution in [0.1, 0.15) is 37.6 Å². The normalized spacial score (nSPS) is 11.4. The second-order valence-corrected chi connectivity index (χ2v) is 5.16. The molecule has 0 atom stereocenters. The third kappa shape index (κ3) is 4.36. The zero-order valence-electron chi connectivity index (χ0n) is 10.3. The number of benzene rings is 1. The van der Waals surface area contributed by atoms with Crippen LogP contribution >= 0.6 is 11.6 Å². The summed E-state index contributed by atoms with van der Waals surface area (Å²) in [6.07, 6.45) is 0.107. The smallest absolute Gasteiger partial charge is 0.165 e. The number of ketones is 1. The maximum atomic E-state index is 11.5. The summed E-state index contributed by atoms with van der Waals surface area (Å²) in [5.74, 6) is 0.427. The maximum Gasteiger partial charge on any atom is 0.165 e. The molecule has 0 heterocycles. The van der Waals surface area contributed by atoms with Crippen LogP contribution in [0.4, 0.5) is 0 Å². The third-order valence-electron chi connectivity index (χ3n) is 2.01. The fraction of sp³-hybridized carbons (Fsp3) is 0.462. The highest BCUT2D eigenvalue weighted by Gasteiger charge is 2.15. The molecule has 0 aliphatic rings. The van der Waals surface area contributed by atoms with Gasteiger partial charge in [-0.2, -0.15) is 0 Å². The highest BCUT2D eigenvalue weighted by molar-refractivity contribution is 6.32. The van der Waals surface area contributed by atoms with Gasteiger partial charge in [-0.1, -0.05) is 11.6 Å². The summed E-state index contributed by atoms with van der Waals surface area (Å²) in [4.78, 5) is 11.5. The molecule has 0 amide bonds. The van der Waals surface area contributed by atoms with Gasteiger partial charge < -0.3 is 9.84 Å². The van der Waals surface area contributed by atoms with Gasteiger partial charge in [0.05, 0.1) is 11.6 Å². The van der Waals surface area contributed by atoms with E-state index in [1.54, 1.807) is 18.2 Å². The van der Waals surface area contributed by atoms with Crippen LogP contribution in [0.15, 0.2) is 18.2 Å². The largest absolute Gasteiger partial charge is 0.487 e. The van der Waals surface area contributed by atoms with Crippen molar-refractivity contribution in [2.24, 2.45) is 0 Å². The quantitative estimate of drug-likeness (QED) is 0.842. The Morgan fingerprint density at radius 1 is 1.41 bits per heavy atom. The van der Waals surface area contributed by atoms with Gasteiger partial charge in [0.1, 0.15) is 11.4 Å². The lowest BCUT2D eigenvalue weighted by atomic mass is 10.1. The van der Waals surface area contributed by atoms with E-state index < -0.39 is 0 Å². The van der Waals surface area contributed by atoms with Gasteiger partial charge in [0, 0.05) is 12.0 Å². The fourth-order valence-electron chi connectivity index (χ4n) is 1.33. The molecule has 0 saturated heterocycles.